The van der Waals surface area contributed by atoms with E-state index in [4.69, 9.17) is 0 Å². The lowest BCUT2D eigenvalue weighted by Gasteiger charge is -2.16. The monoisotopic (exact) mass is 442 g/mol. The van der Waals surface area contributed by atoms with E-state index in [2.05, 4.69) is 58.0 Å². The maximum Gasteiger partial charge on any atom is 0.227 e. The quantitative estimate of drug-likeness (QED) is 0.343. The Labute approximate surface area is 196 Å². The van der Waals surface area contributed by atoms with Gasteiger partial charge in [0, 0.05) is 42.3 Å². The minimum atomic E-state index is -1.35. The molecule has 2 aromatic carbocycles. The van der Waals surface area contributed by atoms with Gasteiger partial charge < -0.3 is 10.6 Å². The number of rotatable bonds is 10. The number of aromatic nitrogens is 2. The second-order valence-corrected chi connectivity index (χ2v) is 8.37. The van der Waals surface area contributed by atoms with Crippen LogP contribution in [0.5, 0.6) is 0 Å². The van der Waals surface area contributed by atoms with E-state index in [1.807, 2.05) is 37.3 Å². The zero-order chi connectivity index (χ0) is 23.8. The van der Waals surface area contributed by atoms with Gasteiger partial charge in [0.15, 0.2) is 0 Å². The summed E-state index contributed by atoms with van der Waals surface area (Å²) in [6.45, 7) is 13.6. The Kier molecular flexibility index (Phi) is 7.78. The molecule has 0 radical (unpaired) electrons. The summed E-state index contributed by atoms with van der Waals surface area (Å²) in [5.41, 5.74) is 5.27. The molecular weight excluding hydrogens is 411 g/mol. The highest BCUT2D eigenvalue weighted by Crippen LogP contribution is 2.25. The van der Waals surface area contributed by atoms with E-state index in [1.165, 1.54) is 0 Å². The summed E-state index contributed by atoms with van der Waals surface area (Å²) < 4.78 is 14.2. The minimum absolute atomic E-state index is 0.534. The lowest BCUT2D eigenvalue weighted by molar-refractivity contribution is 0.221. The molecule has 3 aromatic rings. The van der Waals surface area contributed by atoms with Gasteiger partial charge in [-0.3, -0.25) is 0 Å². The number of nitrogens with one attached hydrogen (secondary N) is 2. The Morgan fingerprint density at radius 3 is 2.33 bits per heavy atom. The highest BCUT2D eigenvalue weighted by molar-refractivity contribution is 5.62. The summed E-state index contributed by atoms with van der Waals surface area (Å²) in [6, 6.07) is 15.9. The van der Waals surface area contributed by atoms with E-state index < -0.39 is 5.67 Å². The second kappa shape index (κ2) is 10.7. The van der Waals surface area contributed by atoms with Crippen molar-refractivity contribution in [2.75, 3.05) is 5.32 Å². The van der Waals surface area contributed by atoms with E-state index in [0.717, 1.165) is 33.6 Å². The molecule has 5 heteroatoms. The molecule has 0 saturated heterocycles. The molecule has 33 heavy (non-hydrogen) atoms. The number of nitrogens with zero attached hydrogens (tertiary/aromatic N) is 2. The molecule has 0 amide bonds. The number of allylic oxidation sites excluding steroid dienone is 3. The van der Waals surface area contributed by atoms with E-state index in [0.29, 0.717) is 24.5 Å². The first-order chi connectivity index (χ1) is 15.8. The van der Waals surface area contributed by atoms with Gasteiger partial charge in [-0.15, -0.1) is 0 Å². The van der Waals surface area contributed by atoms with Gasteiger partial charge in [-0.05, 0) is 49.1 Å². The van der Waals surface area contributed by atoms with Crippen LogP contribution in [0.1, 0.15) is 37.5 Å². The molecule has 0 bridgehead atoms. The van der Waals surface area contributed by atoms with Gasteiger partial charge in [-0.2, -0.15) is 0 Å². The molecule has 0 aliphatic carbocycles. The molecule has 4 nitrogen and oxygen atoms in total. The molecule has 1 heterocycles. The first kappa shape index (κ1) is 23.9. The fourth-order valence-corrected chi connectivity index (χ4v) is 3.31. The summed E-state index contributed by atoms with van der Waals surface area (Å²) in [5, 5.41) is 6.46. The molecule has 0 atom stereocenters. The van der Waals surface area contributed by atoms with Crippen LogP contribution < -0.4 is 10.6 Å². The summed E-state index contributed by atoms with van der Waals surface area (Å²) in [4.78, 5) is 8.76. The van der Waals surface area contributed by atoms with Gasteiger partial charge in [-0.1, -0.05) is 67.8 Å². The van der Waals surface area contributed by atoms with Crippen molar-refractivity contribution in [1.82, 2.24) is 15.3 Å². The van der Waals surface area contributed by atoms with Crippen molar-refractivity contribution >= 4 is 5.95 Å². The summed E-state index contributed by atoms with van der Waals surface area (Å²) in [5.74, 6) is 0.534. The molecular formula is C28H31FN4. The first-order valence-corrected chi connectivity index (χ1v) is 11.0. The maximum absolute atomic E-state index is 14.2. The van der Waals surface area contributed by atoms with Crippen molar-refractivity contribution < 1.29 is 4.39 Å². The fourth-order valence-electron chi connectivity index (χ4n) is 3.31. The molecule has 3 rings (SSSR count). The zero-order valence-corrected chi connectivity index (χ0v) is 19.5. The molecule has 170 valence electrons. The standard InChI is InChI=1S/C28H31FN4/c1-6-26(7-2)33-27-31-18-24(19-32-27)23-13-11-21(12-14-23)15-20(3)30-17-22-9-8-10-25(16-22)28(4,5)29/h6-14,16,18-19,30H,1,3,15,17H2,2,4-5H3,(H,31,32,33)/b26-7+. The third-order valence-electron chi connectivity index (χ3n) is 5.30. The highest BCUT2D eigenvalue weighted by Gasteiger charge is 2.18. The lowest BCUT2D eigenvalue weighted by Crippen LogP contribution is -2.15. The predicted octanol–water partition coefficient (Wildman–Crippen LogP) is 6.70. The van der Waals surface area contributed by atoms with Gasteiger partial charge >= 0.3 is 0 Å². The van der Waals surface area contributed by atoms with Crippen LogP contribution in [-0.4, -0.2) is 9.97 Å². The Balaban J connectivity index is 1.56. The molecule has 0 aliphatic rings. The predicted molar refractivity (Wildman–Crippen MR) is 135 cm³/mol. The smallest absolute Gasteiger partial charge is 0.227 e. The van der Waals surface area contributed by atoms with Crippen molar-refractivity contribution in [2.45, 2.75) is 39.4 Å². The van der Waals surface area contributed by atoms with Gasteiger partial charge in [0.1, 0.15) is 5.67 Å². The molecule has 2 N–H and O–H groups in total. The van der Waals surface area contributed by atoms with Crippen molar-refractivity contribution in [1.29, 1.82) is 0 Å². The number of benzene rings is 2. The number of anilines is 1. The summed E-state index contributed by atoms with van der Waals surface area (Å²) in [6.07, 6.45) is 7.94. The third kappa shape index (κ3) is 6.88. The molecule has 0 unspecified atom stereocenters. The van der Waals surface area contributed by atoms with Gasteiger partial charge in [-0.25, -0.2) is 14.4 Å². The van der Waals surface area contributed by atoms with Gasteiger partial charge in [0.2, 0.25) is 5.95 Å². The van der Waals surface area contributed by atoms with Gasteiger partial charge in [0.25, 0.3) is 0 Å². The van der Waals surface area contributed by atoms with Crippen molar-refractivity contribution in [3.8, 4) is 11.1 Å². The normalized spacial score (nSPS) is 11.7. The van der Waals surface area contributed by atoms with Crippen LogP contribution in [0.2, 0.25) is 0 Å². The van der Waals surface area contributed by atoms with Crippen LogP contribution in [0.3, 0.4) is 0 Å². The Morgan fingerprint density at radius 2 is 1.73 bits per heavy atom. The summed E-state index contributed by atoms with van der Waals surface area (Å²) in [7, 11) is 0. The average Bonchev–Trinajstić information content (AvgIpc) is 2.82. The maximum atomic E-state index is 14.2. The van der Waals surface area contributed by atoms with Gasteiger partial charge in [0.05, 0.1) is 0 Å². The lowest BCUT2D eigenvalue weighted by atomic mass is 9.98. The Hall–Kier alpha value is -3.73. The highest BCUT2D eigenvalue weighted by atomic mass is 19.1. The topological polar surface area (TPSA) is 49.8 Å². The first-order valence-electron chi connectivity index (χ1n) is 11.0. The molecule has 0 saturated carbocycles. The molecule has 0 fully saturated rings. The molecule has 0 spiro atoms. The number of halogens is 1. The van der Waals surface area contributed by atoms with E-state index in [-0.39, 0.29) is 0 Å². The largest absolute Gasteiger partial charge is 0.384 e. The molecule has 1 aromatic heterocycles. The zero-order valence-electron chi connectivity index (χ0n) is 19.5. The van der Waals surface area contributed by atoms with E-state index in [1.54, 1.807) is 32.3 Å². The van der Waals surface area contributed by atoms with Crippen LogP contribution in [0.15, 0.2) is 97.6 Å². The SMILES string of the molecule is C=C/C(=C\C)Nc1ncc(-c2ccc(CC(=C)NCc3cccc(C(C)(C)F)c3)cc2)cn1. The number of alkyl halides is 1. The van der Waals surface area contributed by atoms with Crippen LogP contribution in [-0.2, 0) is 18.6 Å². The molecule has 0 aliphatic heterocycles. The van der Waals surface area contributed by atoms with Crippen molar-refractivity contribution in [2.24, 2.45) is 0 Å². The Morgan fingerprint density at radius 1 is 1.03 bits per heavy atom. The van der Waals surface area contributed by atoms with Crippen LogP contribution in [0.25, 0.3) is 11.1 Å². The minimum Gasteiger partial charge on any atom is -0.384 e. The third-order valence-corrected chi connectivity index (χ3v) is 5.30. The van der Waals surface area contributed by atoms with Crippen LogP contribution in [0, 0.1) is 0 Å². The van der Waals surface area contributed by atoms with E-state index >= 15 is 0 Å². The van der Waals surface area contributed by atoms with Crippen LogP contribution >= 0.6 is 0 Å². The average molecular weight is 443 g/mol. The van der Waals surface area contributed by atoms with Crippen LogP contribution in [0.4, 0.5) is 10.3 Å². The van der Waals surface area contributed by atoms with Crippen molar-refractivity contribution in [3.63, 3.8) is 0 Å². The fraction of sp³-hybridized carbons (Fsp3) is 0.214. The number of hydrogen-bond acceptors (Lipinski definition) is 4. The van der Waals surface area contributed by atoms with Crippen molar-refractivity contribution in [3.05, 3.63) is 114 Å². The number of hydrogen-bond donors (Lipinski definition) is 2. The Bertz CT molecular complexity index is 1120. The second-order valence-electron chi connectivity index (χ2n) is 8.37. The van der Waals surface area contributed by atoms with E-state index in [9.17, 15) is 4.39 Å². The summed E-state index contributed by atoms with van der Waals surface area (Å²) >= 11 is 0.